The highest BCUT2D eigenvalue weighted by atomic mass is 16.2. The molecule has 0 saturated carbocycles. The highest BCUT2D eigenvalue weighted by Crippen LogP contribution is 2.08. The number of rotatable bonds is 3. The number of hydrogen-bond acceptors (Lipinski definition) is 3. The number of nitrogens with two attached hydrogens (primary N) is 1. The lowest BCUT2D eigenvalue weighted by molar-refractivity contribution is 0.0948. The van der Waals surface area contributed by atoms with Crippen molar-refractivity contribution in [3.63, 3.8) is 0 Å². The molecule has 1 aromatic heterocycles. The Balaban J connectivity index is 2.11. The summed E-state index contributed by atoms with van der Waals surface area (Å²) in [6, 6.07) is 13.6. The predicted octanol–water partition coefficient (Wildman–Crippen LogP) is 1.28. The van der Waals surface area contributed by atoms with Crippen molar-refractivity contribution >= 4 is 5.91 Å². The topological polar surface area (TPSA) is 68.0 Å². The lowest BCUT2D eigenvalue weighted by Gasteiger charge is -2.02. The van der Waals surface area contributed by atoms with Gasteiger partial charge in [0.25, 0.3) is 5.91 Å². The Bertz CT molecular complexity index is 494. The van der Waals surface area contributed by atoms with E-state index >= 15 is 0 Å². The molecule has 0 spiro atoms. The summed E-state index contributed by atoms with van der Waals surface area (Å²) in [6.45, 7) is 0. The van der Waals surface area contributed by atoms with Gasteiger partial charge in [-0.2, -0.15) is 0 Å². The number of hydrazine groups is 1. The molecule has 1 aromatic carbocycles. The maximum atomic E-state index is 11.2. The Morgan fingerprint density at radius 1 is 1.12 bits per heavy atom. The molecule has 0 saturated heterocycles. The van der Waals surface area contributed by atoms with Gasteiger partial charge in [0.05, 0.1) is 0 Å². The van der Waals surface area contributed by atoms with E-state index < -0.39 is 0 Å². The third kappa shape index (κ3) is 2.89. The third-order valence-electron chi connectivity index (χ3n) is 2.44. The van der Waals surface area contributed by atoms with Gasteiger partial charge in [-0.25, -0.2) is 5.84 Å². The summed E-state index contributed by atoms with van der Waals surface area (Å²) < 4.78 is 0. The van der Waals surface area contributed by atoms with Crippen LogP contribution in [0.2, 0.25) is 0 Å². The van der Waals surface area contributed by atoms with Crippen molar-refractivity contribution in [1.82, 2.24) is 10.4 Å². The van der Waals surface area contributed by atoms with E-state index in [1.54, 1.807) is 12.3 Å². The predicted molar refractivity (Wildman–Crippen MR) is 65.1 cm³/mol. The molecule has 0 atom stereocenters. The number of hydrogen-bond donors (Lipinski definition) is 2. The average Bonchev–Trinajstić information content (AvgIpc) is 2.40. The van der Waals surface area contributed by atoms with Gasteiger partial charge in [-0.15, -0.1) is 0 Å². The van der Waals surface area contributed by atoms with Crippen molar-refractivity contribution < 1.29 is 4.79 Å². The maximum absolute atomic E-state index is 11.2. The SMILES string of the molecule is NNC(=O)c1ccc(Cc2ccccc2)cn1. The van der Waals surface area contributed by atoms with Crippen LogP contribution in [0.15, 0.2) is 48.7 Å². The van der Waals surface area contributed by atoms with Crippen LogP contribution in [-0.2, 0) is 6.42 Å². The highest BCUT2D eigenvalue weighted by Gasteiger charge is 2.04. The lowest BCUT2D eigenvalue weighted by Crippen LogP contribution is -2.30. The van der Waals surface area contributed by atoms with Crippen LogP contribution in [0.4, 0.5) is 0 Å². The Kier molecular flexibility index (Phi) is 3.47. The van der Waals surface area contributed by atoms with Crippen molar-refractivity contribution in [2.24, 2.45) is 5.84 Å². The number of nitrogens with one attached hydrogen (secondary N) is 1. The molecule has 0 unspecified atom stereocenters. The van der Waals surface area contributed by atoms with Crippen LogP contribution >= 0.6 is 0 Å². The van der Waals surface area contributed by atoms with Gasteiger partial charge in [-0.05, 0) is 23.6 Å². The first-order valence-electron chi connectivity index (χ1n) is 5.29. The Morgan fingerprint density at radius 3 is 2.47 bits per heavy atom. The zero-order valence-corrected chi connectivity index (χ0v) is 9.26. The van der Waals surface area contributed by atoms with Crippen LogP contribution < -0.4 is 11.3 Å². The molecule has 1 amide bonds. The number of carbonyl (C=O) groups excluding carboxylic acids is 1. The minimum atomic E-state index is -0.378. The van der Waals surface area contributed by atoms with E-state index in [2.05, 4.69) is 17.1 Å². The van der Waals surface area contributed by atoms with E-state index in [0.717, 1.165) is 12.0 Å². The Morgan fingerprint density at radius 2 is 1.88 bits per heavy atom. The van der Waals surface area contributed by atoms with Gasteiger partial charge in [-0.1, -0.05) is 36.4 Å². The van der Waals surface area contributed by atoms with E-state index in [1.807, 2.05) is 29.7 Å². The van der Waals surface area contributed by atoms with Crippen molar-refractivity contribution in [2.45, 2.75) is 6.42 Å². The van der Waals surface area contributed by atoms with Crippen LogP contribution in [0.1, 0.15) is 21.6 Å². The fraction of sp³-hybridized carbons (Fsp3) is 0.0769. The van der Waals surface area contributed by atoms with Crippen LogP contribution in [0.25, 0.3) is 0 Å². The van der Waals surface area contributed by atoms with Gasteiger partial charge in [0.15, 0.2) is 0 Å². The first kappa shape index (κ1) is 11.3. The second-order valence-corrected chi connectivity index (χ2v) is 3.69. The molecule has 3 N–H and O–H groups in total. The van der Waals surface area contributed by atoms with E-state index in [9.17, 15) is 4.79 Å². The number of aromatic nitrogens is 1. The van der Waals surface area contributed by atoms with Crippen LogP contribution in [0.5, 0.6) is 0 Å². The molecule has 2 rings (SSSR count). The molecule has 0 aliphatic rings. The molecule has 17 heavy (non-hydrogen) atoms. The van der Waals surface area contributed by atoms with Crippen molar-refractivity contribution in [3.05, 3.63) is 65.5 Å². The molecule has 0 fully saturated rings. The minimum Gasteiger partial charge on any atom is -0.289 e. The fourth-order valence-corrected chi connectivity index (χ4v) is 1.57. The van der Waals surface area contributed by atoms with Gasteiger partial charge in [0.1, 0.15) is 5.69 Å². The summed E-state index contributed by atoms with van der Waals surface area (Å²) >= 11 is 0. The van der Waals surface area contributed by atoms with Gasteiger partial charge in [0, 0.05) is 6.20 Å². The van der Waals surface area contributed by atoms with E-state index in [-0.39, 0.29) is 5.91 Å². The van der Waals surface area contributed by atoms with Gasteiger partial charge < -0.3 is 0 Å². The second kappa shape index (κ2) is 5.23. The van der Waals surface area contributed by atoms with Crippen molar-refractivity contribution in [1.29, 1.82) is 0 Å². The van der Waals surface area contributed by atoms with E-state index in [1.165, 1.54) is 5.56 Å². The minimum absolute atomic E-state index is 0.323. The molecular formula is C13H13N3O. The molecule has 0 radical (unpaired) electrons. The van der Waals surface area contributed by atoms with Crippen LogP contribution in [0.3, 0.4) is 0 Å². The normalized spacial score (nSPS) is 9.94. The highest BCUT2D eigenvalue weighted by molar-refractivity contribution is 5.91. The van der Waals surface area contributed by atoms with Gasteiger partial charge in [-0.3, -0.25) is 15.2 Å². The number of pyridine rings is 1. The monoisotopic (exact) mass is 227 g/mol. The molecule has 0 aliphatic carbocycles. The van der Waals surface area contributed by atoms with Crippen molar-refractivity contribution in [3.8, 4) is 0 Å². The van der Waals surface area contributed by atoms with Gasteiger partial charge in [0.2, 0.25) is 0 Å². The Hall–Kier alpha value is -2.20. The standard InChI is InChI=1S/C13H13N3O/c14-16-13(17)12-7-6-11(9-15-12)8-10-4-2-1-3-5-10/h1-7,9H,8,14H2,(H,16,17). The third-order valence-corrected chi connectivity index (χ3v) is 2.44. The lowest BCUT2D eigenvalue weighted by atomic mass is 10.1. The zero-order valence-electron chi connectivity index (χ0n) is 9.26. The molecule has 1 heterocycles. The van der Waals surface area contributed by atoms with E-state index in [4.69, 9.17) is 5.84 Å². The maximum Gasteiger partial charge on any atom is 0.283 e. The summed E-state index contributed by atoms with van der Waals surface area (Å²) in [6.07, 6.45) is 2.50. The molecule has 0 aliphatic heterocycles. The number of benzene rings is 1. The largest absolute Gasteiger partial charge is 0.289 e. The Labute approximate surface area is 99.5 Å². The molecule has 4 nitrogen and oxygen atoms in total. The van der Waals surface area contributed by atoms with Crippen LogP contribution in [-0.4, -0.2) is 10.9 Å². The fourth-order valence-electron chi connectivity index (χ4n) is 1.57. The number of carbonyl (C=O) groups is 1. The molecule has 86 valence electrons. The van der Waals surface area contributed by atoms with E-state index in [0.29, 0.717) is 5.69 Å². The average molecular weight is 227 g/mol. The molecular weight excluding hydrogens is 214 g/mol. The molecule has 2 aromatic rings. The smallest absolute Gasteiger partial charge is 0.283 e. The number of amides is 1. The molecule has 0 bridgehead atoms. The summed E-state index contributed by atoms with van der Waals surface area (Å²) in [5, 5.41) is 0. The summed E-state index contributed by atoms with van der Waals surface area (Å²) in [5.41, 5.74) is 4.65. The number of nitrogens with zero attached hydrogens (tertiary/aromatic N) is 1. The zero-order chi connectivity index (χ0) is 12.1. The van der Waals surface area contributed by atoms with Crippen molar-refractivity contribution in [2.75, 3.05) is 0 Å². The first-order chi connectivity index (χ1) is 8.29. The van der Waals surface area contributed by atoms with Crippen LogP contribution in [0, 0.1) is 0 Å². The first-order valence-corrected chi connectivity index (χ1v) is 5.29. The second-order valence-electron chi connectivity index (χ2n) is 3.69. The van der Waals surface area contributed by atoms with Gasteiger partial charge >= 0.3 is 0 Å². The molecule has 4 heteroatoms. The summed E-state index contributed by atoms with van der Waals surface area (Å²) in [4.78, 5) is 15.2. The summed E-state index contributed by atoms with van der Waals surface area (Å²) in [5.74, 6) is 4.65. The summed E-state index contributed by atoms with van der Waals surface area (Å²) in [7, 11) is 0. The number of nitrogen functional groups attached to an aromatic ring is 1. The quantitative estimate of drug-likeness (QED) is 0.471.